The molecule has 2 heteroatoms. The maximum absolute atomic E-state index is 5.21. The van der Waals surface area contributed by atoms with E-state index in [4.69, 9.17) is 12.2 Å². The normalized spacial score (nSPS) is 28.5. The molecule has 0 radical (unpaired) electrons. The Balaban J connectivity index is 2.03. The lowest BCUT2D eigenvalue weighted by molar-refractivity contribution is 0.283. The molecule has 0 aromatic heterocycles. The molecule has 2 aliphatic rings. The molecule has 1 saturated heterocycles. The molecule has 0 amide bonds. The zero-order valence-electron chi connectivity index (χ0n) is 7.57. The summed E-state index contributed by atoms with van der Waals surface area (Å²) in [4.78, 5) is 1.11. The highest BCUT2D eigenvalue weighted by Gasteiger charge is 2.36. The predicted octanol–water partition coefficient (Wildman–Crippen LogP) is 2.65. The molecule has 1 aliphatic heterocycles. The molecule has 0 aromatic carbocycles. The standard InChI is InChI=1S/C10H17NS/c12-9-7-10(8-11-9)5-3-1-2-4-6-10/h1-8H2,(H,11,12). The third kappa shape index (κ3) is 1.63. The van der Waals surface area contributed by atoms with E-state index in [-0.39, 0.29) is 0 Å². The van der Waals surface area contributed by atoms with Crippen LogP contribution in [0.3, 0.4) is 0 Å². The van der Waals surface area contributed by atoms with Crippen LogP contribution in [-0.2, 0) is 0 Å². The van der Waals surface area contributed by atoms with Gasteiger partial charge in [0.1, 0.15) is 0 Å². The Morgan fingerprint density at radius 3 is 2.25 bits per heavy atom. The van der Waals surface area contributed by atoms with Crippen molar-refractivity contribution in [1.82, 2.24) is 5.32 Å². The molecule has 0 aromatic rings. The Bertz CT molecular complexity index is 180. The fraction of sp³-hybridized carbons (Fsp3) is 0.900. The second-order valence-corrected chi connectivity index (χ2v) is 4.86. The largest absolute Gasteiger partial charge is 0.379 e. The first-order chi connectivity index (χ1) is 5.81. The van der Waals surface area contributed by atoms with Crippen molar-refractivity contribution >= 4 is 17.2 Å². The molecule has 0 unspecified atom stereocenters. The maximum atomic E-state index is 5.21. The number of nitrogens with one attached hydrogen (secondary N) is 1. The van der Waals surface area contributed by atoms with Gasteiger partial charge in [0.25, 0.3) is 0 Å². The second-order valence-electron chi connectivity index (χ2n) is 4.37. The van der Waals surface area contributed by atoms with Crippen LogP contribution in [0.4, 0.5) is 0 Å². The van der Waals surface area contributed by atoms with E-state index in [1.54, 1.807) is 0 Å². The molecule has 1 N–H and O–H groups in total. The summed E-state index contributed by atoms with van der Waals surface area (Å²) >= 11 is 5.21. The van der Waals surface area contributed by atoms with E-state index in [9.17, 15) is 0 Å². The monoisotopic (exact) mass is 183 g/mol. The third-order valence-corrected chi connectivity index (χ3v) is 3.65. The van der Waals surface area contributed by atoms with E-state index < -0.39 is 0 Å². The molecule has 2 rings (SSSR count). The molecule has 1 nitrogen and oxygen atoms in total. The first-order valence-corrected chi connectivity index (χ1v) is 5.48. The van der Waals surface area contributed by atoms with Gasteiger partial charge in [-0.15, -0.1) is 0 Å². The van der Waals surface area contributed by atoms with Gasteiger partial charge < -0.3 is 5.32 Å². The Morgan fingerprint density at radius 1 is 1.08 bits per heavy atom. The molecule has 1 saturated carbocycles. The molecule has 68 valence electrons. The lowest BCUT2D eigenvalue weighted by atomic mass is 9.80. The minimum absolute atomic E-state index is 0.577. The lowest BCUT2D eigenvalue weighted by Crippen LogP contribution is -2.22. The summed E-state index contributed by atoms with van der Waals surface area (Å²) in [5, 5.41) is 3.34. The molecular formula is C10H17NS. The summed E-state index contributed by atoms with van der Waals surface area (Å²) in [6.07, 6.45) is 9.69. The van der Waals surface area contributed by atoms with Gasteiger partial charge in [-0.2, -0.15) is 0 Å². The van der Waals surface area contributed by atoms with Gasteiger partial charge in [-0.3, -0.25) is 0 Å². The molecule has 1 spiro atoms. The Hall–Kier alpha value is -0.110. The van der Waals surface area contributed by atoms with E-state index in [2.05, 4.69) is 5.32 Å². The molecule has 2 fully saturated rings. The van der Waals surface area contributed by atoms with Gasteiger partial charge in [0.2, 0.25) is 0 Å². The van der Waals surface area contributed by atoms with Crippen LogP contribution in [0.5, 0.6) is 0 Å². The van der Waals surface area contributed by atoms with E-state index in [0.29, 0.717) is 5.41 Å². The van der Waals surface area contributed by atoms with Crippen LogP contribution < -0.4 is 5.32 Å². The van der Waals surface area contributed by atoms with Gasteiger partial charge >= 0.3 is 0 Å². The van der Waals surface area contributed by atoms with Gasteiger partial charge in [0, 0.05) is 13.0 Å². The first-order valence-electron chi connectivity index (χ1n) is 5.08. The summed E-state index contributed by atoms with van der Waals surface area (Å²) in [6.45, 7) is 1.16. The lowest BCUT2D eigenvalue weighted by Gasteiger charge is -2.24. The number of hydrogen-bond acceptors (Lipinski definition) is 1. The van der Waals surface area contributed by atoms with Crippen molar-refractivity contribution in [2.24, 2.45) is 5.41 Å². The summed E-state index contributed by atoms with van der Waals surface area (Å²) < 4.78 is 0. The highest BCUT2D eigenvalue weighted by Crippen LogP contribution is 2.40. The van der Waals surface area contributed by atoms with E-state index in [1.807, 2.05) is 0 Å². The van der Waals surface area contributed by atoms with Crippen LogP contribution in [0.15, 0.2) is 0 Å². The fourth-order valence-corrected chi connectivity index (χ4v) is 2.96. The van der Waals surface area contributed by atoms with Gasteiger partial charge in [-0.25, -0.2) is 0 Å². The van der Waals surface area contributed by atoms with E-state index in [0.717, 1.165) is 11.5 Å². The van der Waals surface area contributed by atoms with Gasteiger partial charge in [0.15, 0.2) is 0 Å². The van der Waals surface area contributed by atoms with Crippen molar-refractivity contribution in [3.63, 3.8) is 0 Å². The summed E-state index contributed by atoms with van der Waals surface area (Å²) in [5.74, 6) is 0. The van der Waals surface area contributed by atoms with Crippen LogP contribution in [0.25, 0.3) is 0 Å². The van der Waals surface area contributed by atoms with Crippen LogP contribution in [0, 0.1) is 5.41 Å². The maximum Gasteiger partial charge on any atom is 0.0759 e. The van der Waals surface area contributed by atoms with Crippen LogP contribution in [0.2, 0.25) is 0 Å². The Morgan fingerprint density at radius 2 is 1.75 bits per heavy atom. The van der Waals surface area contributed by atoms with Crippen LogP contribution in [0.1, 0.15) is 44.9 Å². The number of rotatable bonds is 0. The summed E-state index contributed by atoms with van der Waals surface area (Å²) in [5.41, 5.74) is 0.577. The molecule has 0 bridgehead atoms. The third-order valence-electron chi connectivity index (χ3n) is 3.36. The zero-order chi connectivity index (χ0) is 8.44. The highest BCUT2D eigenvalue weighted by molar-refractivity contribution is 7.80. The van der Waals surface area contributed by atoms with Crippen molar-refractivity contribution < 1.29 is 0 Å². The van der Waals surface area contributed by atoms with Crippen molar-refractivity contribution in [2.75, 3.05) is 6.54 Å². The summed E-state index contributed by atoms with van der Waals surface area (Å²) in [6, 6.07) is 0. The molecule has 0 atom stereocenters. The van der Waals surface area contributed by atoms with Crippen molar-refractivity contribution in [1.29, 1.82) is 0 Å². The second kappa shape index (κ2) is 3.33. The quantitative estimate of drug-likeness (QED) is 0.579. The predicted molar refractivity (Wildman–Crippen MR) is 55.4 cm³/mol. The Kier molecular flexibility index (Phi) is 2.35. The average molecular weight is 183 g/mol. The van der Waals surface area contributed by atoms with Crippen LogP contribution >= 0.6 is 12.2 Å². The minimum Gasteiger partial charge on any atom is -0.379 e. The van der Waals surface area contributed by atoms with Crippen molar-refractivity contribution in [2.45, 2.75) is 44.9 Å². The fourth-order valence-electron chi connectivity index (χ4n) is 2.58. The van der Waals surface area contributed by atoms with Crippen molar-refractivity contribution in [3.8, 4) is 0 Å². The van der Waals surface area contributed by atoms with Crippen LogP contribution in [-0.4, -0.2) is 11.5 Å². The smallest absolute Gasteiger partial charge is 0.0759 e. The van der Waals surface area contributed by atoms with Gasteiger partial charge in [-0.1, -0.05) is 37.9 Å². The first kappa shape index (κ1) is 8.49. The van der Waals surface area contributed by atoms with Crippen molar-refractivity contribution in [3.05, 3.63) is 0 Å². The number of thiocarbonyl (C=S) groups is 1. The summed E-state index contributed by atoms with van der Waals surface area (Å²) in [7, 11) is 0. The molecule has 1 heterocycles. The van der Waals surface area contributed by atoms with Gasteiger partial charge in [-0.05, 0) is 18.3 Å². The minimum atomic E-state index is 0.577. The SMILES string of the molecule is S=C1CC2(CCCCCC2)CN1. The average Bonchev–Trinajstić information content (AvgIpc) is 2.30. The highest BCUT2D eigenvalue weighted by atomic mass is 32.1. The molecule has 1 aliphatic carbocycles. The van der Waals surface area contributed by atoms with Gasteiger partial charge in [0.05, 0.1) is 4.99 Å². The zero-order valence-corrected chi connectivity index (χ0v) is 8.38. The van der Waals surface area contributed by atoms with E-state index in [1.165, 1.54) is 44.9 Å². The Labute approximate surface area is 79.9 Å². The molecule has 12 heavy (non-hydrogen) atoms. The molecular weight excluding hydrogens is 166 g/mol. The number of hydrogen-bond donors (Lipinski definition) is 1. The topological polar surface area (TPSA) is 12.0 Å². The van der Waals surface area contributed by atoms with E-state index >= 15 is 0 Å².